The smallest absolute Gasteiger partial charge is 0.236 e. The Balaban J connectivity index is 2.33. The van der Waals surface area contributed by atoms with Crippen molar-refractivity contribution in [2.45, 2.75) is 13.8 Å². The number of nitrogens with zero attached hydrogens (tertiary/aromatic N) is 2. The van der Waals surface area contributed by atoms with Crippen LogP contribution >= 0.6 is 11.3 Å². The Morgan fingerprint density at radius 3 is 2.81 bits per heavy atom. The van der Waals surface area contributed by atoms with Gasteiger partial charge in [-0.05, 0) is 19.1 Å². The van der Waals surface area contributed by atoms with Crippen LogP contribution in [-0.2, 0) is 4.79 Å². The lowest BCUT2D eigenvalue weighted by molar-refractivity contribution is -0.118. The number of amides is 1. The van der Waals surface area contributed by atoms with Crippen molar-refractivity contribution < 1.29 is 4.79 Å². The molecule has 0 saturated carbocycles. The first-order chi connectivity index (χ1) is 7.66. The molecule has 16 heavy (non-hydrogen) atoms. The average Bonchev–Trinajstić information content (AvgIpc) is 2.69. The van der Waals surface area contributed by atoms with E-state index in [-0.39, 0.29) is 5.91 Å². The van der Waals surface area contributed by atoms with Gasteiger partial charge >= 0.3 is 0 Å². The highest BCUT2D eigenvalue weighted by Crippen LogP contribution is 2.21. The first kappa shape index (κ1) is 10.8. The normalized spacial score (nSPS) is 11.8. The number of nitrogens with one attached hydrogen (secondary N) is 1. The molecule has 0 atom stereocenters. The molecule has 1 aromatic heterocycles. The summed E-state index contributed by atoms with van der Waals surface area (Å²) in [6.07, 6.45) is 0. The van der Waals surface area contributed by atoms with Gasteiger partial charge in [-0.25, -0.2) is 10.4 Å². The number of benzene rings is 1. The van der Waals surface area contributed by atoms with E-state index in [0.717, 1.165) is 20.9 Å². The molecule has 0 aliphatic rings. The van der Waals surface area contributed by atoms with Gasteiger partial charge in [-0.1, -0.05) is 12.1 Å². The molecule has 82 valence electrons. The quantitative estimate of drug-likeness (QED) is 0.638. The second-order valence-electron chi connectivity index (χ2n) is 3.35. The number of carbonyl (C=O) groups is 1. The number of hydrogen-bond donors (Lipinski definition) is 1. The zero-order valence-corrected chi connectivity index (χ0v) is 9.84. The van der Waals surface area contributed by atoms with Crippen molar-refractivity contribution >= 4 is 33.2 Å². The van der Waals surface area contributed by atoms with E-state index in [0.29, 0.717) is 0 Å². The Bertz CT molecular complexity index is 526. The molecule has 5 heteroatoms. The Morgan fingerprint density at radius 1 is 1.38 bits per heavy atom. The van der Waals surface area contributed by atoms with E-state index < -0.39 is 0 Å². The van der Waals surface area contributed by atoms with Crippen molar-refractivity contribution in [1.82, 2.24) is 10.4 Å². The molecule has 2 aromatic rings. The number of hydrazone groups is 1. The lowest BCUT2D eigenvalue weighted by atomic mass is 10.3. The van der Waals surface area contributed by atoms with Gasteiger partial charge in [0.25, 0.3) is 0 Å². The minimum Gasteiger partial charge on any atom is -0.274 e. The van der Waals surface area contributed by atoms with E-state index in [1.165, 1.54) is 6.92 Å². The van der Waals surface area contributed by atoms with Crippen LogP contribution in [-0.4, -0.2) is 16.6 Å². The number of fused-ring (bicyclic) bond motifs is 1. The second kappa shape index (κ2) is 4.40. The van der Waals surface area contributed by atoms with Crippen molar-refractivity contribution in [2.24, 2.45) is 5.10 Å². The molecule has 0 aliphatic heterocycles. The molecule has 1 heterocycles. The van der Waals surface area contributed by atoms with Crippen LogP contribution in [0.3, 0.4) is 0 Å². The number of para-hydroxylation sites is 1. The molecular formula is C11H11N3OS. The lowest BCUT2D eigenvalue weighted by Crippen LogP contribution is -2.14. The third-order valence-electron chi connectivity index (χ3n) is 1.98. The molecule has 0 bridgehead atoms. The van der Waals surface area contributed by atoms with E-state index in [1.807, 2.05) is 31.2 Å². The van der Waals surface area contributed by atoms with Gasteiger partial charge in [0.15, 0.2) is 0 Å². The molecule has 4 nitrogen and oxygen atoms in total. The molecule has 1 amide bonds. The fourth-order valence-electron chi connectivity index (χ4n) is 1.24. The molecule has 1 aromatic carbocycles. The summed E-state index contributed by atoms with van der Waals surface area (Å²) in [6.45, 7) is 3.25. The van der Waals surface area contributed by atoms with Crippen molar-refractivity contribution in [1.29, 1.82) is 0 Å². The molecule has 0 unspecified atom stereocenters. The Labute approximate surface area is 97.0 Å². The first-order valence-electron chi connectivity index (χ1n) is 4.83. The predicted octanol–water partition coefficient (Wildman–Crippen LogP) is 2.16. The zero-order chi connectivity index (χ0) is 11.5. The van der Waals surface area contributed by atoms with Gasteiger partial charge in [0.2, 0.25) is 5.91 Å². The van der Waals surface area contributed by atoms with E-state index in [2.05, 4.69) is 15.5 Å². The topological polar surface area (TPSA) is 54.4 Å². The minimum absolute atomic E-state index is 0.180. The van der Waals surface area contributed by atoms with Gasteiger partial charge in [0, 0.05) is 6.92 Å². The molecule has 0 saturated heterocycles. The van der Waals surface area contributed by atoms with Gasteiger partial charge in [-0.15, -0.1) is 11.3 Å². The molecule has 1 N–H and O–H groups in total. The third-order valence-corrected chi connectivity index (χ3v) is 3.13. The number of carbonyl (C=O) groups excluding carboxylic acids is 1. The van der Waals surface area contributed by atoms with Gasteiger partial charge in [-0.3, -0.25) is 4.79 Å². The lowest BCUT2D eigenvalue weighted by Gasteiger charge is -1.94. The third kappa shape index (κ3) is 2.25. The maximum Gasteiger partial charge on any atom is 0.236 e. The van der Waals surface area contributed by atoms with Crippen LogP contribution < -0.4 is 5.43 Å². The highest BCUT2D eigenvalue weighted by Gasteiger charge is 2.05. The SMILES string of the molecule is CC(=O)N/N=C(/C)c1nc2ccccc2s1. The van der Waals surface area contributed by atoms with Crippen LogP contribution in [0.1, 0.15) is 18.9 Å². The highest BCUT2D eigenvalue weighted by molar-refractivity contribution is 7.20. The van der Waals surface area contributed by atoms with Crippen molar-refractivity contribution in [3.05, 3.63) is 29.3 Å². The molecule has 0 spiro atoms. The van der Waals surface area contributed by atoms with Crippen molar-refractivity contribution in [2.75, 3.05) is 0 Å². The summed E-state index contributed by atoms with van der Waals surface area (Å²) in [5.41, 5.74) is 4.08. The molecule has 0 aliphatic carbocycles. The zero-order valence-electron chi connectivity index (χ0n) is 9.02. The van der Waals surface area contributed by atoms with E-state index >= 15 is 0 Å². The standard InChI is InChI=1S/C11H11N3OS/c1-7(13-14-8(2)15)11-12-9-5-3-4-6-10(9)16-11/h3-6H,1-2H3,(H,14,15)/b13-7-. The van der Waals surface area contributed by atoms with Gasteiger partial charge in [0.05, 0.1) is 15.9 Å². The second-order valence-corrected chi connectivity index (χ2v) is 4.38. The van der Waals surface area contributed by atoms with Crippen LogP contribution in [0.4, 0.5) is 0 Å². The van der Waals surface area contributed by atoms with Crippen molar-refractivity contribution in [3.63, 3.8) is 0 Å². The Hall–Kier alpha value is -1.75. The highest BCUT2D eigenvalue weighted by atomic mass is 32.1. The number of hydrogen-bond acceptors (Lipinski definition) is 4. The molecule has 0 fully saturated rings. The van der Waals surface area contributed by atoms with E-state index in [1.54, 1.807) is 11.3 Å². The molecule has 0 radical (unpaired) electrons. The number of aromatic nitrogens is 1. The first-order valence-corrected chi connectivity index (χ1v) is 5.65. The average molecular weight is 233 g/mol. The monoisotopic (exact) mass is 233 g/mol. The summed E-state index contributed by atoms with van der Waals surface area (Å²) in [4.78, 5) is 15.1. The van der Waals surface area contributed by atoms with Crippen LogP contribution in [0.2, 0.25) is 0 Å². The summed E-state index contributed by atoms with van der Waals surface area (Å²) >= 11 is 1.56. The van der Waals surface area contributed by atoms with Crippen LogP contribution in [0, 0.1) is 0 Å². The Kier molecular flexibility index (Phi) is 2.96. The fourth-order valence-corrected chi connectivity index (χ4v) is 2.15. The number of thiazole rings is 1. The Morgan fingerprint density at radius 2 is 2.12 bits per heavy atom. The molecular weight excluding hydrogens is 222 g/mol. The van der Waals surface area contributed by atoms with Crippen LogP contribution in [0.25, 0.3) is 10.2 Å². The predicted molar refractivity (Wildman–Crippen MR) is 65.6 cm³/mol. The summed E-state index contributed by atoms with van der Waals surface area (Å²) in [5, 5.41) is 4.78. The van der Waals surface area contributed by atoms with Crippen LogP contribution in [0.15, 0.2) is 29.4 Å². The van der Waals surface area contributed by atoms with Crippen LogP contribution in [0.5, 0.6) is 0 Å². The summed E-state index contributed by atoms with van der Waals surface area (Å²) in [6, 6.07) is 7.90. The van der Waals surface area contributed by atoms with Crippen molar-refractivity contribution in [3.8, 4) is 0 Å². The maximum absolute atomic E-state index is 10.7. The summed E-state index contributed by atoms with van der Waals surface area (Å²) in [7, 11) is 0. The van der Waals surface area contributed by atoms with E-state index in [4.69, 9.17) is 0 Å². The minimum atomic E-state index is -0.180. The van der Waals surface area contributed by atoms with E-state index in [9.17, 15) is 4.79 Å². The summed E-state index contributed by atoms with van der Waals surface area (Å²) in [5.74, 6) is -0.180. The number of rotatable bonds is 2. The van der Waals surface area contributed by atoms with Gasteiger partial charge in [-0.2, -0.15) is 5.10 Å². The maximum atomic E-state index is 10.7. The fraction of sp³-hybridized carbons (Fsp3) is 0.182. The van der Waals surface area contributed by atoms with Gasteiger partial charge < -0.3 is 0 Å². The largest absolute Gasteiger partial charge is 0.274 e. The van der Waals surface area contributed by atoms with Gasteiger partial charge in [0.1, 0.15) is 5.01 Å². The molecule has 2 rings (SSSR count). The summed E-state index contributed by atoms with van der Waals surface area (Å²) < 4.78 is 1.12.